The van der Waals surface area contributed by atoms with E-state index in [4.69, 9.17) is 17.3 Å². The van der Waals surface area contributed by atoms with E-state index in [-0.39, 0.29) is 0 Å². The number of rotatable bonds is 2. The normalized spacial score (nSPS) is 12.5. The Balaban J connectivity index is 2.44. The van der Waals surface area contributed by atoms with Crippen LogP contribution in [0.25, 0.3) is 0 Å². The number of pyridine rings is 1. The molecule has 0 spiro atoms. The van der Waals surface area contributed by atoms with Crippen molar-refractivity contribution >= 4 is 27.5 Å². The van der Waals surface area contributed by atoms with Crippen LogP contribution in [0.15, 0.2) is 41.1 Å². The first-order valence-corrected chi connectivity index (χ1v) is 6.06. The van der Waals surface area contributed by atoms with Crippen molar-refractivity contribution in [2.24, 2.45) is 5.73 Å². The molecule has 1 heterocycles. The van der Waals surface area contributed by atoms with Crippen molar-refractivity contribution in [3.05, 3.63) is 63.1 Å². The molecule has 0 aliphatic carbocycles. The standard InChI is InChI=1S/C12H9BrClFN2/c13-7-1-2-8(10(14)5-7)12(16)9-3-4-17-6-11(9)15/h1-6,12H,16H2. The number of nitrogens with zero attached hydrogens (tertiary/aromatic N) is 1. The van der Waals surface area contributed by atoms with E-state index < -0.39 is 11.9 Å². The molecule has 17 heavy (non-hydrogen) atoms. The molecule has 1 unspecified atom stereocenters. The number of hydrogen-bond acceptors (Lipinski definition) is 2. The zero-order valence-corrected chi connectivity index (χ0v) is 11.0. The van der Waals surface area contributed by atoms with Crippen molar-refractivity contribution in [2.75, 3.05) is 0 Å². The average Bonchev–Trinajstić information content (AvgIpc) is 2.29. The van der Waals surface area contributed by atoms with Gasteiger partial charge in [-0.05, 0) is 23.8 Å². The summed E-state index contributed by atoms with van der Waals surface area (Å²) in [5.74, 6) is -0.431. The van der Waals surface area contributed by atoms with Crippen LogP contribution in [0, 0.1) is 5.82 Å². The van der Waals surface area contributed by atoms with Gasteiger partial charge in [0.1, 0.15) is 5.82 Å². The van der Waals surface area contributed by atoms with Gasteiger partial charge in [0.15, 0.2) is 0 Å². The van der Waals surface area contributed by atoms with Gasteiger partial charge in [-0.2, -0.15) is 0 Å². The van der Waals surface area contributed by atoms with E-state index in [0.29, 0.717) is 16.1 Å². The second-order valence-corrected chi connectivity index (χ2v) is 4.86. The largest absolute Gasteiger partial charge is 0.320 e. The quantitative estimate of drug-likeness (QED) is 0.918. The van der Waals surface area contributed by atoms with Crippen LogP contribution < -0.4 is 5.73 Å². The van der Waals surface area contributed by atoms with Crippen LogP contribution in [0.5, 0.6) is 0 Å². The lowest BCUT2D eigenvalue weighted by molar-refractivity contribution is 0.593. The van der Waals surface area contributed by atoms with Gasteiger partial charge in [-0.15, -0.1) is 0 Å². The first-order chi connectivity index (χ1) is 8.09. The minimum absolute atomic E-state index is 0.379. The van der Waals surface area contributed by atoms with Gasteiger partial charge < -0.3 is 5.73 Å². The molecule has 0 bridgehead atoms. The van der Waals surface area contributed by atoms with Gasteiger partial charge in [0.25, 0.3) is 0 Å². The van der Waals surface area contributed by atoms with Crippen molar-refractivity contribution in [3.8, 4) is 0 Å². The molecular weight excluding hydrogens is 307 g/mol. The summed E-state index contributed by atoms with van der Waals surface area (Å²) in [4.78, 5) is 3.69. The van der Waals surface area contributed by atoms with E-state index in [1.54, 1.807) is 18.2 Å². The van der Waals surface area contributed by atoms with Crippen molar-refractivity contribution in [2.45, 2.75) is 6.04 Å². The molecule has 0 radical (unpaired) electrons. The van der Waals surface area contributed by atoms with Gasteiger partial charge in [-0.1, -0.05) is 33.6 Å². The lowest BCUT2D eigenvalue weighted by atomic mass is 10.0. The Morgan fingerprint density at radius 1 is 1.29 bits per heavy atom. The minimum Gasteiger partial charge on any atom is -0.320 e. The fourth-order valence-corrected chi connectivity index (χ4v) is 2.35. The van der Waals surface area contributed by atoms with E-state index in [9.17, 15) is 4.39 Å². The van der Waals surface area contributed by atoms with E-state index >= 15 is 0 Å². The molecule has 1 aromatic carbocycles. The zero-order chi connectivity index (χ0) is 12.4. The van der Waals surface area contributed by atoms with Crippen molar-refractivity contribution in [3.63, 3.8) is 0 Å². The number of hydrogen-bond donors (Lipinski definition) is 1. The summed E-state index contributed by atoms with van der Waals surface area (Å²) < 4.78 is 14.4. The summed E-state index contributed by atoms with van der Waals surface area (Å²) in [6, 6.07) is 6.28. The van der Waals surface area contributed by atoms with E-state index in [1.807, 2.05) is 6.07 Å². The highest BCUT2D eigenvalue weighted by atomic mass is 79.9. The summed E-state index contributed by atoms with van der Waals surface area (Å²) in [6.45, 7) is 0. The Hall–Kier alpha value is -0.970. The topological polar surface area (TPSA) is 38.9 Å². The monoisotopic (exact) mass is 314 g/mol. The summed E-state index contributed by atoms with van der Waals surface area (Å²) in [6.07, 6.45) is 2.65. The highest BCUT2D eigenvalue weighted by Gasteiger charge is 2.16. The Kier molecular flexibility index (Phi) is 3.76. The maximum Gasteiger partial charge on any atom is 0.146 e. The minimum atomic E-state index is -0.599. The summed E-state index contributed by atoms with van der Waals surface area (Å²) in [5.41, 5.74) is 7.06. The molecule has 0 saturated heterocycles. The maximum absolute atomic E-state index is 13.5. The Labute approximate surface area is 112 Å². The lowest BCUT2D eigenvalue weighted by Gasteiger charge is -2.14. The van der Waals surface area contributed by atoms with Crippen molar-refractivity contribution in [1.82, 2.24) is 4.98 Å². The molecule has 1 aromatic heterocycles. The van der Waals surface area contributed by atoms with Gasteiger partial charge in [-0.3, -0.25) is 4.98 Å². The lowest BCUT2D eigenvalue weighted by Crippen LogP contribution is -2.14. The average molecular weight is 316 g/mol. The second-order valence-electron chi connectivity index (χ2n) is 3.54. The maximum atomic E-state index is 13.5. The molecule has 0 fully saturated rings. The molecule has 2 rings (SSSR count). The van der Waals surface area contributed by atoms with Crippen molar-refractivity contribution < 1.29 is 4.39 Å². The third-order valence-corrected chi connectivity index (χ3v) is 3.26. The third kappa shape index (κ3) is 2.65. The third-order valence-electron chi connectivity index (χ3n) is 2.44. The van der Waals surface area contributed by atoms with Crippen molar-refractivity contribution in [1.29, 1.82) is 0 Å². The molecule has 0 aliphatic heterocycles. The Bertz CT molecular complexity index is 548. The molecule has 0 aliphatic rings. The van der Waals surface area contributed by atoms with Crippen LogP contribution in [-0.2, 0) is 0 Å². The summed E-state index contributed by atoms with van der Waals surface area (Å²) in [7, 11) is 0. The summed E-state index contributed by atoms with van der Waals surface area (Å²) >= 11 is 9.39. The van der Waals surface area contributed by atoms with Gasteiger partial charge in [-0.25, -0.2) is 4.39 Å². The van der Waals surface area contributed by atoms with Crippen LogP contribution >= 0.6 is 27.5 Å². The molecular formula is C12H9BrClFN2. The first kappa shape index (κ1) is 12.5. The van der Waals surface area contributed by atoms with Gasteiger partial charge >= 0.3 is 0 Å². The highest BCUT2D eigenvalue weighted by molar-refractivity contribution is 9.10. The molecule has 2 nitrogen and oxygen atoms in total. The van der Waals surface area contributed by atoms with Crippen LogP contribution in [0.2, 0.25) is 5.02 Å². The molecule has 5 heteroatoms. The molecule has 1 atom stereocenters. The van der Waals surface area contributed by atoms with Crippen LogP contribution in [0.3, 0.4) is 0 Å². The van der Waals surface area contributed by atoms with E-state index in [1.165, 1.54) is 6.20 Å². The van der Waals surface area contributed by atoms with Crippen LogP contribution in [0.1, 0.15) is 17.2 Å². The number of nitrogens with two attached hydrogens (primary N) is 1. The number of aromatic nitrogens is 1. The SMILES string of the molecule is NC(c1ccncc1F)c1ccc(Br)cc1Cl. The Morgan fingerprint density at radius 2 is 2.06 bits per heavy atom. The predicted molar refractivity (Wildman–Crippen MR) is 69.4 cm³/mol. The first-order valence-electron chi connectivity index (χ1n) is 4.89. The van der Waals surface area contributed by atoms with Gasteiger partial charge in [0.05, 0.1) is 12.2 Å². The molecule has 2 N–H and O–H groups in total. The smallest absolute Gasteiger partial charge is 0.146 e. The number of benzene rings is 1. The van der Waals surface area contributed by atoms with Gasteiger partial charge in [0, 0.05) is 21.3 Å². The fraction of sp³-hybridized carbons (Fsp3) is 0.0833. The molecule has 88 valence electrons. The van der Waals surface area contributed by atoms with E-state index in [0.717, 1.165) is 10.7 Å². The van der Waals surface area contributed by atoms with E-state index in [2.05, 4.69) is 20.9 Å². The van der Waals surface area contributed by atoms with Gasteiger partial charge in [0.2, 0.25) is 0 Å². The number of halogens is 3. The van der Waals surface area contributed by atoms with Crippen LogP contribution in [-0.4, -0.2) is 4.98 Å². The second kappa shape index (κ2) is 5.12. The summed E-state index contributed by atoms with van der Waals surface area (Å²) in [5, 5.41) is 0.503. The van der Waals surface area contributed by atoms with Crippen LogP contribution in [0.4, 0.5) is 4.39 Å². The highest BCUT2D eigenvalue weighted by Crippen LogP contribution is 2.29. The zero-order valence-electron chi connectivity index (χ0n) is 8.70. The molecule has 2 aromatic rings. The fourth-order valence-electron chi connectivity index (χ4n) is 1.56. The molecule has 0 amide bonds. The Morgan fingerprint density at radius 3 is 2.71 bits per heavy atom. The predicted octanol–water partition coefficient (Wildman–Crippen LogP) is 3.68. The molecule has 0 saturated carbocycles.